The third kappa shape index (κ3) is 4.88. The smallest absolute Gasteiger partial charge is 0.0931 e. The summed E-state index contributed by atoms with van der Waals surface area (Å²) in [6.07, 6.45) is 3.47. The van der Waals surface area contributed by atoms with Crippen LogP contribution in [0, 0.1) is 5.41 Å². The number of methoxy groups -OCH3 is 1. The van der Waals surface area contributed by atoms with E-state index in [2.05, 4.69) is 25.2 Å². The Bertz CT molecular complexity index is 336. The Morgan fingerprint density at radius 1 is 1.33 bits per heavy atom. The molecule has 1 aromatic heterocycles. The fourth-order valence-corrected chi connectivity index (χ4v) is 3.42. The first-order valence-corrected chi connectivity index (χ1v) is 7.79. The molecule has 0 saturated carbocycles. The maximum atomic E-state index is 6.01. The van der Waals surface area contributed by atoms with Crippen molar-refractivity contribution < 1.29 is 4.74 Å². The largest absolute Gasteiger partial charge is 0.383 e. The highest BCUT2D eigenvalue weighted by Crippen LogP contribution is 2.34. The van der Waals surface area contributed by atoms with Crippen LogP contribution in [0.15, 0.2) is 12.1 Å². The van der Waals surface area contributed by atoms with Gasteiger partial charge < -0.3 is 10.1 Å². The van der Waals surface area contributed by atoms with Gasteiger partial charge in [-0.15, -0.1) is 11.3 Å². The lowest BCUT2D eigenvalue weighted by Gasteiger charge is -2.31. The summed E-state index contributed by atoms with van der Waals surface area (Å²) >= 11 is 7.71. The molecule has 1 N–H and O–H groups in total. The highest BCUT2D eigenvalue weighted by atomic mass is 35.5. The first-order valence-electron chi connectivity index (χ1n) is 6.59. The van der Waals surface area contributed by atoms with Gasteiger partial charge in [0.1, 0.15) is 0 Å². The van der Waals surface area contributed by atoms with E-state index in [1.165, 1.54) is 17.7 Å². The van der Waals surface area contributed by atoms with E-state index < -0.39 is 0 Å². The van der Waals surface area contributed by atoms with Crippen molar-refractivity contribution in [3.05, 3.63) is 21.3 Å². The lowest BCUT2D eigenvalue weighted by atomic mass is 9.78. The summed E-state index contributed by atoms with van der Waals surface area (Å²) < 4.78 is 5.96. The quantitative estimate of drug-likeness (QED) is 0.694. The molecule has 0 amide bonds. The molecule has 0 unspecified atom stereocenters. The average molecular weight is 290 g/mol. The summed E-state index contributed by atoms with van der Waals surface area (Å²) in [4.78, 5) is 1.39. The minimum atomic E-state index is 0.335. The second-order valence-corrected chi connectivity index (χ2v) is 6.56. The fourth-order valence-electron chi connectivity index (χ4n) is 2.16. The molecule has 0 saturated heterocycles. The number of hydrogen-bond donors (Lipinski definition) is 1. The van der Waals surface area contributed by atoms with Crippen LogP contribution in [0.4, 0.5) is 0 Å². The Kier molecular flexibility index (Phi) is 7.23. The molecule has 0 aromatic carbocycles. The predicted octanol–water partition coefficient (Wildman–Crippen LogP) is 3.99. The Morgan fingerprint density at radius 2 is 2.06 bits per heavy atom. The molecule has 1 heterocycles. The van der Waals surface area contributed by atoms with Crippen molar-refractivity contribution in [2.24, 2.45) is 5.41 Å². The molecule has 0 spiro atoms. The van der Waals surface area contributed by atoms with Crippen molar-refractivity contribution in [1.82, 2.24) is 5.32 Å². The average Bonchev–Trinajstić information content (AvgIpc) is 2.78. The summed E-state index contributed by atoms with van der Waals surface area (Å²) in [6, 6.07) is 4.15. The molecule has 0 aliphatic rings. The third-order valence-electron chi connectivity index (χ3n) is 3.66. The molecule has 0 atom stereocenters. The van der Waals surface area contributed by atoms with E-state index >= 15 is 0 Å². The van der Waals surface area contributed by atoms with Crippen LogP contribution in [0.25, 0.3) is 0 Å². The van der Waals surface area contributed by atoms with Crippen LogP contribution in [-0.4, -0.2) is 26.8 Å². The van der Waals surface area contributed by atoms with Crippen molar-refractivity contribution >= 4 is 22.9 Å². The van der Waals surface area contributed by atoms with Gasteiger partial charge in [0.05, 0.1) is 10.9 Å². The fraction of sp³-hybridized carbons (Fsp3) is 0.714. The molecule has 18 heavy (non-hydrogen) atoms. The Labute approximate surface area is 120 Å². The minimum absolute atomic E-state index is 0.335. The van der Waals surface area contributed by atoms with E-state index in [-0.39, 0.29) is 0 Å². The van der Waals surface area contributed by atoms with Crippen LogP contribution in [0.5, 0.6) is 0 Å². The zero-order valence-electron chi connectivity index (χ0n) is 11.6. The highest BCUT2D eigenvalue weighted by molar-refractivity contribution is 7.16. The van der Waals surface area contributed by atoms with Crippen LogP contribution < -0.4 is 5.32 Å². The van der Waals surface area contributed by atoms with Gasteiger partial charge in [0.25, 0.3) is 0 Å². The van der Waals surface area contributed by atoms with Gasteiger partial charge in [-0.3, -0.25) is 0 Å². The van der Waals surface area contributed by atoms with Crippen molar-refractivity contribution in [2.75, 3.05) is 26.8 Å². The van der Waals surface area contributed by atoms with E-state index in [4.69, 9.17) is 16.3 Å². The van der Waals surface area contributed by atoms with Gasteiger partial charge in [0, 0.05) is 25.1 Å². The maximum absolute atomic E-state index is 6.01. The Hall–Kier alpha value is -0.0900. The van der Waals surface area contributed by atoms with E-state index in [0.717, 1.165) is 30.5 Å². The second-order valence-electron chi connectivity index (χ2n) is 4.76. The first-order chi connectivity index (χ1) is 8.65. The summed E-state index contributed by atoms with van der Waals surface area (Å²) in [6.45, 7) is 7.28. The topological polar surface area (TPSA) is 21.3 Å². The molecule has 4 heteroatoms. The number of rotatable bonds is 9. The molecule has 104 valence electrons. The molecule has 0 fully saturated rings. The summed E-state index contributed by atoms with van der Waals surface area (Å²) in [5, 5.41) is 3.50. The second kappa shape index (κ2) is 8.16. The maximum Gasteiger partial charge on any atom is 0.0931 e. The zero-order chi connectivity index (χ0) is 13.4. The first kappa shape index (κ1) is 16.0. The number of nitrogens with one attached hydrogen (secondary N) is 1. The number of hydrogen-bond acceptors (Lipinski definition) is 3. The van der Waals surface area contributed by atoms with Crippen LogP contribution in [0.1, 0.15) is 31.6 Å². The normalized spacial score (nSPS) is 12.0. The van der Waals surface area contributed by atoms with Gasteiger partial charge >= 0.3 is 0 Å². The van der Waals surface area contributed by atoms with Gasteiger partial charge in [0.15, 0.2) is 0 Å². The van der Waals surface area contributed by atoms with Crippen molar-refractivity contribution in [3.63, 3.8) is 0 Å². The van der Waals surface area contributed by atoms with Gasteiger partial charge in [0.2, 0.25) is 0 Å². The van der Waals surface area contributed by atoms with Crippen LogP contribution >= 0.6 is 22.9 Å². The minimum Gasteiger partial charge on any atom is -0.383 e. The lowest BCUT2D eigenvalue weighted by molar-refractivity contribution is 0.186. The predicted molar refractivity (Wildman–Crippen MR) is 80.8 cm³/mol. The molecule has 0 aliphatic heterocycles. The van der Waals surface area contributed by atoms with Gasteiger partial charge in [-0.05, 0) is 36.8 Å². The van der Waals surface area contributed by atoms with Gasteiger partial charge in [-0.2, -0.15) is 0 Å². The van der Waals surface area contributed by atoms with Crippen LogP contribution in [0.2, 0.25) is 4.34 Å². The molecular weight excluding hydrogens is 266 g/mol. The Morgan fingerprint density at radius 3 is 2.56 bits per heavy atom. The van der Waals surface area contributed by atoms with Crippen molar-refractivity contribution in [1.29, 1.82) is 0 Å². The molecule has 1 rings (SSSR count). The van der Waals surface area contributed by atoms with E-state index in [0.29, 0.717) is 5.41 Å². The number of thiophene rings is 1. The molecular formula is C14H24ClNOS. The monoisotopic (exact) mass is 289 g/mol. The van der Waals surface area contributed by atoms with Crippen molar-refractivity contribution in [3.8, 4) is 0 Å². The number of halogens is 1. The summed E-state index contributed by atoms with van der Waals surface area (Å²) in [5.41, 5.74) is 0.335. The SMILES string of the molecule is CCC(CC)(CNCCOC)Cc1ccc(Cl)s1. The zero-order valence-corrected chi connectivity index (χ0v) is 13.2. The van der Waals surface area contributed by atoms with Crippen LogP contribution in [0.3, 0.4) is 0 Å². The van der Waals surface area contributed by atoms with E-state index in [1.807, 2.05) is 6.07 Å². The van der Waals surface area contributed by atoms with E-state index in [9.17, 15) is 0 Å². The highest BCUT2D eigenvalue weighted by Gasteiger charge is 2.26. The third-order valence-corrected chi connectivity index (χ3v) is 4.89. The van der Waals surface area contributed by atoms with E-state index in [1.54, 1.807) is 18.4 Å². The van der Waals surface area contributed by atoms with Crippen LogP contribution in [-0.2, 0) is 11.2 Å². The molecule has 0 radical (unpaired) electrons. The molecule has 2 nitrogen and oxygen atoms in total. The standard InChI is InChI=1S/C14H24ClNOS/c1-4-14(5-2,11-16-8-9-17-3)10-12-6-7-13(15)18-12/h6-7,16H,4-5,8-11H2,1-3H3. The summed E-state index contributed by atoms with van der Waals surface area (Å²) in [5.74, 6) is 0. The lowest BCUT2D eigenvalue weighted by Crippen LogP contribution is -2.36. The molecule has 1 aromatic rings. The molecule has 0 bridgehead atoms. The molecule has 0 aliphatic carbocycles. The number of ether oxygens (including phenoxy) is 1. The van der Waals surface area contributed by atoms with Crippen molar-refractivity contribution in [2.45, 2.75) is 33.1 Å². The van der Waals surface area contributed by atoms with Gasteiger partial charge in [-0.1, -0.05) is 25.4 Å². The van der Waals surface area contributed by atoms with Gasteiger partial charge in [-0.25, -0.2) is 0 Å². The Balaban J connectivity index is 2.55. The summed E-state index contributed by atoms with van der Waals surface area (Å²) in [7, 11) is 1.74.